The summed E-state index contributed by atoms with van der Waals surface area (Å²) in [5, 5.41) is 0. The number of anilines is 2. The first kappa shape index (κ1) is 12.6. The van der Waals surface area contributed by atoms with Crippen molar-refractivity contribution in [1.82, 2.24) is 4.98 Å². The highest BCUT2D eigenvalue weighted by molar-refractivity contribution is 5.54. The van der Waals surface area contributed by atoms with Gasteiger partial charge in [-0.1, -0.05) is 0 Å². The van der Waals surface area contributed by atoms with Crippen molar-refractivity contribution in [3.63, 3.8) is 0 Å². The van der Waals surface area contributed by atoms with Crippen molar-refractivity contribution in [3.8, 4) is 5.88 Å². The summed E-state index contributed by atoms with van der Waals surface area (Å²) in [4.78, 5) is 6.35. The van der Waals surface area contributed by atoms with Crippen LogP contribution >= 0.6 is 0 Å². The summed E-state index contributed by atoms with van der Waals surface area (Å²) in [7, 11) is 5.24. The molecule has 1 rings (SSSR count). The van der Waals surface area contributed by atoms with E-state index < -0.39 is 0 Å². The van der Waals surface area contributed by atoms with Crippen LogP contribution in [0.4, 0.5) is 11.5 Å². The topological polar surface area (TPSA) is 60.6 Å². The number of pyridine rings is 1. The Morgan fingerprint density at radius 3 is 2.75 bits per heavy atom. The lowest BCUT2D eigenvalue weighted by atomic mass is 10.3. The minimum atomic E-state index is 0.469. The lowest BCUT2D eigenvalue weighted by Crippen LogP contribution is -2.21. The molecule has 16 heavy (non-hydrogen) atoms. The molecule has 0 saturated heterocycles. The second-order valence-corrected chi connectivity index (χ2v) is 3.54. The average molecular weight is 225 g/mol. The second-order valence-electron chi connectivity index (χ2n) is 3.54. The molecule has 1 aromatic rings. The number of aromatic nitrogens is 1. The van der Waals surface area contributed by atoms with E-state index in [9.17, 15) is 0 Å². The normalized spacial score (nSPS) is 10.2. The van der Waals surface area contributed by atoms with Gasteiger partial charge in [0.1, 0.15) is 5.82 Å². The highest BCUT2D eigenvalue weighted by atomic mass is 16.5. The molecule has 0 spiro atoms. The van der Waals surface area contributed by atoms with Crippen LogP contribution in [0.1, 0.15) is 6.42 Å². The molecule has 1 aromatic heterocycles. The molecule has 5 nitrogen and oxygen atoms in total. The fourth-order valence-corrected chi connectivity index (χ4v) is 1.38. The molecule has 0 unspecified atom stereocenters. The Balaban J connectivity index is 2.64. The molecule has 0 fully saturated rings. The summed E-state index contributed by atoms with van der Waals surface area (Å²) in [6.45, 7) is 1.63. The van der Waals surface area contributed by atoms with Gasteiger partial charge in [-0.25, -0.2) is 0 Å². The molecule has 90 valence electrons. The predicted octanol–water partition coefficient (Wildman–Crippen LogP) is 1.15. The summed E-state index contributed by atoms with van der Waals surface area (Å²) in [6, 6.07) is 3.68. The van der Waals surface area contributed by atoms with Gasteiger partial charge in [-0.15, -0.1) is 0 Å². The number of nitrogens with two attached hydrogens (primary N) is 1. The molecule has 1 heterocycles. The second kappa shape index (κ2) is 6.17. The van der Waals surface area contributed by atoms with Gasteiger partial charge in [0.15, 0.2) is 0 Å². The van der Waals surface area contributed by atoms with Crippen LogP contribution in [-0.2, 0) is 4.74 Å². The molecule has 0 radical (unpaired) electrons. The van der Waals surface area contributed by atoms with E-state index in [4.69, 9.17) is 15.2 Å². The van der Waals surface area contributed by atoms with Gasteiger partial charge in [-0.2, -0.15) is 4.98 Å². The van der Waals surface area contributed by atoms with Crippen molar-refractivity contribution in [1.29, 1.82) is 0 Å². The van der Waals surface area contributed by atoms with Gasteiger partial charge in [0, 0.05) is 27.3 Å². The molecule has 0 aromatic carbocycles. The Morgan fingerprint density at radius 2 is 2.12 bits per heavy atom. The van der Waals surface area contributed by atoms with Crippen molar-refractivity contribution < 1.29 is 9.47 Å². The lowest BCUT2D eigenvalue weighted by molar-refractivity contribution is 0.196. The van der Waals surface area contributed by atoms with Crippen LogP contribution in [0.15, 0.2) is 12.1 Å². The molecular weight excluding hydrogens is 206 g/mol. The minimum Gasteiger partial charge on any atom is -0.479 e. The van der Waals surface area contributed by atoms with Gasteiger partial charge in [0.05, 0.1) is 12.8 Å². The molecule has 0 atom stereocenters. The Bertz CT molecular complexity index is 331. The molecule has 0 amide bonds. The van der Waals surface area contributed by atoms with E-state index in [2.05, 4.69) is 4.98 Å². The Hall–Kier alpha value is -1.49. The zero-order valence-corrected chi connectivity index (χ0v) is 10.1. The highest BCUT2D eigenvalue weighted by Crippen LogP contribution is 2.21. The van der Waals surface area contributed by atoms with Crippen molar-refractivity contribution in [2.75, 3.05) is 45.1 Å². The van der Waals surface area contributed by atoms with Crippen molar-refractivity contribution in [3.05, 3.63) is 12.1 Å². The third-order valence-corrected chi connectivity index (χ3v) is 2.30. The van der Waals surface area contributed by atoms with Gasteiger partial charge in [-0.05, 0) is 18.6 Å². The van der Waals surface area contributed by atoms with Crippen LogP contribution in [0.2, 0.25) is 0 Å². The maximum atomic E-state index is 5.70. The third-order valence-electron chi connectivity index (χ3n) is 2.30. The van der Waals surface area contributed by atoms with E-state index in [1.165, 1.54) is 0 Å². The number of methoxy groups -OCH3 is 2. The van der Waals surface area contributed by atoms with Gasteiger partial charge >= 0.3 is 0 Å². The fraction of sp³-hybridized carbons (Fsp3) is 0.545. The first-order valence-electron chi connectivity index (χ1n) is 5.19. The summed E-state index contributed by atoms with van der Waals surface area (Å²) in [5.74, 6) is 1.32. The minimum absolute atomic E-state index is 0.469. The van der Waals surface area contributed by atoms with E-state index in [1.54, 1.807) is 20.3 Å². The Kier molecular flexibility index (Phi) is 4.85. The molecule has 2 N–H and O–H groups in total. The number of hydrogen-bond acceptors (Lipinski definition) is 5. The summed E-state index contributed by atoms with van der Waals surface area (Å²) in [6.07, 6.45) is 0.960. The zero-order valence-electron chi connectivity index (χ0n) is 10.1. The first-order chi connectivity index (χ1) is 7.69. The zero-order chi connectivity index (χ0) is 12.0. The van der Waals surface area contributed by atoms with E-state index in [0.717, 1.165) is 25.4 Å². The first-order valence-corrected chi connectivity index (χ1v) is 5.19. The average Bonchev–Trinajstić information content (AvgIpc) is 2.30. The van der Waals surface area contributed by atoms with Gasteiger partial charge in [-0.3, -0.25) is 0 Å². The molecule has 5 heteroatoms. The van der Waals surface area contributed by atoms with E-state index in [0.29, 0.717) is 11.6 Å². The van der Waals surface area contributed by atoms with Crippen molar-refractivity contribution in [2.45, 2.75) is 6.42 Å². The highest BCUT2D eigenvalue weighted by Gasteiger charge is 2.06. The molecule has 0 aliphatic carbocycles. The smallest absolute Gasteiger partial charge is 0.238 e. The molecule has 0 aliphatic rings. The van der Waals surface area contributed by atoms with Crippen LogP contribution in [0.5, 0.6) is 5.88 Å². The number of hydrogen-bond donors (Lipinski definition) is 1. The van der Waals surface area contributed by atoms with Gasteiger partial charge in [0.2, 0.25) is 5.88 Å². The van der Waals surface area contributed by atoms with Crippen LogP contribution in [0.25, 0.3) is 0 Å². The van der Waals surface area contributed by atoms with Crippen LogP contribution in [0, 0.1) is 0 Å². The maximum Gasteiger partial charge on any atom is 0.238 e. The molecule has 0 saturated carbocycles. The van der Waals surface area contributed by atoms with Gasteiger partial charge < -0.3 is 20.1 Å². The number of nitrogens with zero attached hydrogens (tertiary/aromatic N) is 2. The molecular formula is C11H19N3O2. The fourth-order valence-electron chi connectivity index (χ4n) is 1.38. The lowest BCUT2D eigenvalue weighted by Gasteiger charge is -2.18. The predicted molar refractivity (Wildman–Crippen MR) is 65.0 cm³/mol. The maximum absolute atomic E-state index is 5.70. The van der Waals surface area contributed by atoms with Crippen molar-refractivity contribution in [2.24, 2.45) is 0 Å². The van der Waals surface area contributed by atoms with E-state index >= 15 is 0 Å². The largest absolute Gasteiger partial charge is 0.479 e. The Labute approximate surface area is 96.2 Å². The van der Waals surface area contributed by atoms with Crippen LogP contribution in [0.3, 0.4) is 0 Å². The molecule has 0 bridgehead atoms. The Morgan fingerprint density at radius 1 is 1.38 bits per heavy atom. The van der Waals surface area contributed by atoms with Crippen LogP contribution in [-0.4, -0.2) is 39.4 Å². The number of ether oxygens (including phenoxy) is 2. The number of rotatable bonds is 6. The summed E-state index contributed by atoms with van der Waals surface area (Å²) < 4.78 is 10.1. The van der Waals surface area contributed by atoms with Gasteiger partial charge in [0.25, 0.3) is 0 Å². The summed E-state index contributed by atoms with van der Waals surface area (Å²) in [5.41, 5.74) is 6.25. The quantitative estimate of drug-likeness (QED) is 0.736. The number of nitrogen functional groups attached to an aromatic ring is 1. The monoisotopic (exact) mass is 225 g/mol. The van der Waals surface area contributed by atoms with Crippen molar-refractivity contribution >= 4 is 11.5 Å². The molecule has 0 aliphatic heterocycles. The standard InChI is InChI=1S/C11H19N3O2/c1-14(7-4-8-15-2)10-6-5-9(12)11(13-10)16-3/h5-6H,4,7-8,12H2,1-3H3. The third kappa shape index (κ3) is 3.27. The SMILES string of the molecule is COCCCN(C)c1ccc(N)c(OC)n1. The van der Waals surface area contributed by atoms with E-state index in [-0.39, 0.29) is 0 Å². The summed E-state index contributed by atoms with van der Waals surface area (Å²) >= 11 is 0. The van der Waals surface area contributed by atoms with Crippen LogP contribution < -0.4 is 15.4 Å². The van der Waals surface area contributed by atoms with E-state index in [1.807, 2.05) is 18.0 Å².